The van der Waals surface area contributed by atoms with E-state index in [1.54, 1.807) is 0 Å². The van der Waals surface area contributed by atoms with E-state index < -0.39 is 0 Å². The minimum Gasteiger partial charge on any atom is -0.321 e. The molecule has 1 atom stereocenters. The van der Waals surface area contributed by atoms with Gasteiger partial charge in [0.25, 0.3) is 0 Å². The Labute approximate surface area is 61.1 Å². The van der Waals surface area contributed by atoms with Crippen molar-refractivity contribution in [2.45, 2.75) is 32.7 Å². The van der Waals surface area contributed by atoms with Crippen LogP contribution in [0.3, 0.4) is 0 Å². The van der Waals surface area contributed by atoms with E-state index in [2.05, 4.69) is 0 Å². The van der Waals surface area contributed by atoms with Crippen LogP contribution in [0.2, 0.25) is 0 Å². The zero-order valence-electron chi connectivity index (χ0n) is 6.48. The fourth-order valence-corrected chi connectivity index (χ4v) is 1.18. The van der Waals surface area contributed by atoms with E-state index in [9.17, 15) is 4.79 Å². The third-order valence-corrected chi connectivity index (χ3v) is 2.18. The average molecular weight is 139 g/mol. The normalized spacial score (nSPS) is 27.5. The molecule has 0 aromatic rings. The van der Waals surface area contributed by atoms with Crippen molar-refractivity contribution < 1.29 is 4.79 Å². The Bertz CT molecular complexity index is 193. The maximum atomic E-state index is 11.2. The van der Waals surface area contributed by atoms with E-state index in [-0.39, 0.29) is 11.8 Å². The predicted octanol–water partition coefficient (Wildman–Crippen LogP) is 1.01. The molecule has 0 amide bonds. The van der Waals surface area contributed by atoms with Gasteiger partial charge in [-0.3, -0.25) is 4.79 Å². The molecule has 0 heterocycles. The summed E-state index contributed by atoms with van der Waals surface area (Å²) in [6, 6.07) is -0.233. The number of hydrogen-bond acceptors (Lipinski definition) is 2. The van der Waals surface area contributed by atoms with Gasteiger partial charge in [0.05, 0.1) is 6.04 Å². The maximum absolute atomic E-state index is 11.2. The highest BCUT2D eigenvalue weighted by molar-refractivity contribution is 6.00. The number of rotatable bonds is 0. The lowest BCUT2D eigenvalue weighted by Gasteiger charge is -2.18. The van der Waals surface area contributed by atoms with Gasteiger partial charge in [-0.25, -0.2) is 0 Å². The molecule has 0 aromatic heterocycles. The van der Waals surface area contributed by atoms with Crippen LogP contribution in [0.25, 0.3) is 0 Å². The van der Waals surface area contributed by atoms with Gasteiger partial charge < -0.3 is 5.73 Å². The first-order chi connectivity index (χ1) is 4.63. The van der Waals surface area contributed by atoms with Crippen LogP contribution < -0.4 is 5.73 Å². The SMILES string of the molecule is CC1=C(C)C(=O)C(N)CC1. The highest BCUT2D eigenvalue weighted by Crippen LogP contribution is 2.19. The number of hydrogen-bond donors (Lipinski definition) is 1. The fraction of sp³-hybridized carbons (Fsp3) is 0.625. The van der Waals surface area contributed by atoms with E-state index in [0.29, 0.717) is 0 Å². The van der Waals surface area contributed by atoms with Gasteiger partial charge in [0.2, 0.25) is 0 Å². The molecule has 0 saturated heterocycles. The lowest BCUT2D eigenvalue weighted by atomic mass is 9.89. The second-order valence-electron chi connectivity index (χ2n) is 2.91. The first-order valence-electron chi connectivity index (χ1n) is 3.59. The molecule has 56 valence electrons. The molecule has 2 N–H and O–H groups in total. The van der Waals surface area contributed by atoms with Gasteiger partial charge in [-0.2, -0.15) is 0 Å². The molecule has 2 nitrogen and oxygen atoms in total. The van der Waals surface area contributed by atoms with Gasteiger partial charge in [0.15, 0.2) is 5.78 Å². The van der Waals surface area contributed by atoms with Crippen LogP contribution in [0.1, 0.15) is 26.7 Å². The summed E-state index contributed by atoms with van der Waals surface area (Å²) >= 11 is 0. The third kappa shape index (κ3) is 1.12. The second kappa shape index (κ2) is 2.54. The molecular weight excluding hydrogens is 126 g/mol. The molecule has 1 aliphatic rings. The topological polar surface area (TPSA) is 43.1 Å². The van der Waals surface area contributed by atoms with E-state index >= 15 is 0 Å². The van der Waals surface area contributed by atoms with Gasteiger partial charge in [-0.15, -0.1) is 0 Å². The molecule has 0 aliphatic heterocycles. The summed E-state index contributed by atoms with van der Waals surface area (Å²) in [5, 5.41) is 0. The summed E-state index contributed by atoms with van der Waals surface area (Å²) in [5.74, 6) is 0.128. The van der Waals surface area contributed by atoms with Crippen molar-refractivity contribution in [1.82, 2.24) is 0 Å². The Balaban J connectivity index is 2.88. The van der Waals surface area contributed by atoms with Crippen LogP contribution in [0.5, 0.6) is 0 Å². The summed E-state index contributed by atoms with van der Waals surface area (Å²) in [5.41, 5.74) is 7.62. The summed E-state index contributed by atoms with van der Waals surface area (Å²) in [4.78, 5) is 11.2. The Morgan fingerprint density at radius 3 is 2.60 bits per heavy atom. The quantitative estimate of drug-likeness (QED) is 0.544. The molecule has 0 radical (unpaired) electrons. The first-order valence-corrected chi connectivity index (χ1v) is 3.59. The number of nitrogens with two attached hydrogens (primary N) is 1. The Hall–Kier alpha value is -0.630. The smallest absolute Gasteiger partial charge is 0.175 e. The predicted molar refractivity (Wildman–Crippen MR) is 40.6 cm³/mol. The van der Waals surface area contributed by atoms with Crippen LogP contribution in [0, 0.1) is 0 Å². The van der Waals surface area contributed by atoms with Crippen molar-refractivity contribution in [3.8, 4) is 0 Å². The number of ketones is 1. The van der Waals surface area contributed by atoms with Crippen molar-refractivity contribution in [1.29, 1.82) is 0 Å². The Morgan fingerprint density at radius 1 is 1.50 bits per heavy atom. The molecule has 1 unspecified atom stereocenters. The maximum Gasteiger partial charge on any atom is 0.175 e. The van der Waals surface area contributed by atoms with Crippen molar-refractivity contribution in [3.05, 3.63) is 11.1 Å². The molecule has 0 aromatic carbocycles. The van der Waals surface area contributed by atoms with Gasteiger partial charge in [-0.05, 0) is 32.3 Å². The zero-order valence-corrected chi connectivity index (χ0v) is 6.48. The fourth-order valence-electron chi connectivity index (χ4n) is 1.18. The van der Waals surface area contributed by atoms with Gasteiger partial charge in [0, 0.05) is 0 Å². The number of Topliss-reactive ketones (excluding diaryl/α,β-unsaturated/α-hetero) is 1. The Kier molecular flexibility index (Phi) is 1.90. The van der Waals surface area contributed by atoms with Crippen molar-refractivity contribution in [2.75, 3.05) is 0 Å². The third-order valence-electron chi connectivity index (χ3n) is 2.18. The van der Waals surface area contributed by atoms with Crippen LogP contribution in [0.15, 0.2) is 11.1 Å². The van der Waals surface area contributed by atoms with E-state index in [0.717, 1.165) is 18.4 Å². The molecule has 0 fully saturated rings. The Morgan fingerprint density at radius 2 is 2.10 bits per heavy atom. The second-order valence-corrected chi connectivity index (χ2v) is 2.91. The first kappa shape index (κ1) is 7.48. The summed E-state index contributed by atoms with van der Waals surface area (Å²) < 4.78 is 0. The molecule has 1 aliphatic carbocycles. The minimum absolute atomic E-state index is 0.128. The molecule has 0 bridgehead atoms. The average Bonchev–Trinajstić information content (AvgIpc) is 1.93. The largest absolute Gasteiger partial charge is 0.321 e. The van der Waals surface area contributed by atoms with E-state index in [4.69, 9.17) is 5.73 Å². The zero-order chi connectivity index (χ0) is 7.72. The van der Waals surface area contributed by atoms with Crippen LogP contribution in [-0.4, -0.2) is 11.8 Å². The molecular formula is C8H13NO. The molecule has 10 heavy (non-hydrogen) atoms. The lowest BCUT2D eigenvalue weighted by molar-refractivity contribution is -0.117. The van der Waals surface area contributed by atoms with Gasteiger partial charge in [-0.1, -0.05) is 5.57 Å². The van der Waals surface area contributed by atoms with Crippen molar-refractivity contribution >= 4 is 5.78 Å². The van der Waals surface area contributed by atoms with Gasteiger partial charge in [0.1, 0.15) is 0 Å². The number of allylic oxidation sites excluding steroid dienone is 1. The van der Waals surface area contributed by atoms with Gasteiger partial charge >= 0.3 is 0 Å². The summed E-state index contributed by atoms with van der Waals surface area (Å²) in [6.07, 6.45) is 1.81. The van der Waals surface area contributed by atoms with Crippen molar-refractivity contribution in [2.24, 2.45) is 5.73 Å². The summed E-state index contributed by atoms with van der Waals surface area (Å²) in [7, 11) is 0. The number of carbonyl (C=O) groups excluding carboxylic acids is 1. The van der Waals surface area contributed by atoms with Crippen LogP contribution in [-0.2, 0) is 4.79 Å². The molecule has 0 spiro atoms. The lowest BCUT2D eigenvalue weighted by Crippen LogP contribution is -2.34. The molecule has 0 saturated carbocycles. The molecule has 2 heteroatoms. The van der Waals surface area contributed by atoms with Crippen LogP contribution >= 0.6 is 0 Å². The monoisotopic (exact) mass is 139 g/mol. The highest BCUT2D eigenvalue weighted by atomic mass is 16.1. The van der Waals surface area contributed by atoms with Crippen LogP contribution in [0.4, 0.5) is 0 Å². The van der Waals surface area contributed by atoms with E-state index in [1.807, 2.05) is 13.8 Å². The minimum atomic E-state index is -0.233. The van der Waals surface area contributed by atoms with Crippen molar-refractivity contribution in [3.63, 3.8) is 0 Å². The summed E-state index contributed by atoms with van der Waals surface area (Å²) in [6.45, 7) is 3.86. The highest BCUT2D eigenvalue weighted by Gasteiger charge is 2.21. The number of carbonyl (C=O) groups is 1. The molecule has 1 rings (SSSR count). The van der Waals surface area contributed by atoms with E-state index in [1.165, 1.54) is 5.57 Å². The standard InChI is InChI=1S/C8H13NO/c1-5-3-4-7(9)8(10)6(5)2/h7H,3-4,9H2,1-2H3.